The molecule has 0 aliphatic rings. The Labute approximate surface area is 114 Å². The van der Waals surface area contributed by atoms with E-state index in [-0.39, 0.29) is 5.41 Å². The SMILES string of the molecule is C=C(NC(C)C(C)(C)C)c1cc2ccccc2s1. The van der Waals surface area contributed by atoms with Gasteiger partial charge in [-0.05, 0) is 29.9 Å². The molecule has 0 amide bonds. The lowest BCUT2D eigenvalue weighted by Crippen LogP contribution is -2.36. The van der Waals surface area contributed by atoms with E-state index < -0.39 is 0 Å². The molecular formula is C16H21NS. The third-order valence-corrected chi connectivity index (χ3v) is 4.59. The topological polar surface area (TPSA) is 12.0 Å². The van der Waals surface area contributed by atoms with Gasteiger partial charge in [0.15, 0.2) is 0 Å². The van der Waals surface area contributed by atoms with Crippen molar-refractivity contribution in [2.75, 3.05) is 0 Å². The first-order chi connectivity index (χ1) is 8.38. The van der Waals surface area contributed by atoms with Gasteiger partial charge in [0.25, 0.3) is 0 Å². The number of benzene rings is 1. The molecule has 1 aromatic carbocycles. The fourth-order valence-corrected chi connectivity index (χ4v) is 2.68. The van der Waals surface area contributed by atoms with Crippen LogP contribution in [0.3, 0.4) is 0 Å². The minimum Gasteiger partial charge on any atom is -0.381 e. The molecule has 0 saturated carbocycles. The standard InChI is InChI=1S/C16H21NS/c1-11(17-12(2)16(3,4)5)15-10-13-8-6-7-9-14(13)18-15/h6-10,12,17H,1H2,2-5H3. The van der Waals surface area contributed by atoms with Crippen LogP contribution in [0.1, 0.15) is 32.6 Å². The summed E-state index contributed by atoms with van der Waals surface area (Å²) in [6.07, 6.45) is 0. The first kappa shape index (κ1) is 13.2. The highest BCUT2D eigenvalue weighted by Gasteiger charge is 2.20. The van der Waals surface area contributed by atoms with Crippen LogP contribution in [0.15, 0.2) is 36.9 Å². The van der Waals surface area contributed by atoms with Gasteiger partial charge in [-0.3, -0.25) is 0 Å². The van der Waals surface area contributed by atoms with E-state index in [9.17, 15) is 0 Å². The molecule has 2 aromatic rings. The molecule has 2 rings (SSSR count). The molecule has 18 heavy (non-hydrogen) atoms. The number of hydrogen-bond acceptors (Lipinski definition) is 2. The quantitative estimate of drug-likeness (QED) is 0.827. The predicted octanol–water partition coefficient (Wildman–Crippen LogP) is 4.90. The van der Waals surface area contributed by atoms with Crippen LogP contribution in [0.4, 0.5) is 0 Å². The largest absolute Gasteiger partial charge is 0.381 e. The Morgan fingerprint density at radius 2 is 1.94 bits per heavy atom. The van der Waals surface area contributed by atoms with E-state index in [0.717, 1.165) is 5.70 Å². The highest BCUT2D eigenvalue weighted by molar-refractivity contribution is 7.20. The minimum absolute atomic E-state index is 0.236. The fraction of sp³-hybridized carbons (Fsp3) is 0.375. The molecule has 0 radical (unpaired) electrons. The Morgan fingerprint density at radius 3 is 2.56 bits per heavy atom. The average Bonchev–Trinajstić information content (AvgIpc) is 2.71. The van der Waals surface area contributed by atoms with Crippen molar-refractivity contribution in [1.82, 2.24) is 5.32 Å². The highest BCUT2D eigenvalue weighted by atomic mass is 32.1. The summed E-state index contributed by atoms with van der Waals surface area (Å²) in [5.74, 6) is 0. The summed E-state index contributed by atoms with van der Waals surface area (Å²) in [6, 6.07) is 11.1. The van der Waals surface area contributed by atoms with Crippen LogP contribution in [0, 0.1) is 5.41 Å². The first-order valence-electron chi connectivity index (χ1n) is 6.32. The van der Waals surface area contributed by atoms with Crippen LogP contribution in [0.5, 0.6) is 0 Å². The van der Waals surface area contributed by atoms with Gasteiger partial charge in [0.05, 0.1) is 4.88 Å². The molecule has 0 aliphatic carbocycles. The number of hydrogen-bond donors (Lipinski definition) is 1. The molecule has 1 unspecified atom stereocenters. The van der Waals surface area contributed by atoms with Crippen molar-refractivity contribution < 1.29 is 0 Å². The second-order valence-corrected chi connectivity index (χ2v) is 6.94. The Hall–Kier alpha value is -1.28. The van der Waals surface area contributed by atoms with Gasteiger partial charge >= 0.3 is 0 Å². The molecule has 0 bridgehead atoms. The van der Waals surface area contributed by atoms with Crippen molar-refractivity contribution >= 4 is 27.1 Å². The maximum Gasteiger partial charge on any atom is 0.0508 e. The number of nitrogens with one attached hydrogen (secondary N) is 1. The first-order valence-corrected chi connectivity index (χ1v) is 7.14. The highest BCUT2D eigenvalue weighted by Crippen LogP contribution is 2.30. The molecule has 0 saturated heterocycles. The molecule has 1 aromatic heterocycles. The van der Waals surface area contributed by atoms with E-state index in [2.05, 4.69) is 69.9 Å². The third kappa shape index (κ3) is 2.75. The van der Waals surface area contributed by atoms with Crippen molar-refractivity contribution in [3.05, 3.63) is 41.8 Å². The summed E-state index contributed by atoms with van der Waals surface area (Å²) in [7, 11) is 0. The summed E-state index contributed by atoms with van der Waals surface area (Å²) in [4.78, 5) is 1.23. The third-order valence-electron chi connectivity index (χ3n) is 3.41. The Balaban J connectivity index is 2.19. The lowest BCUT2D eigenvalue weighted by atomic mass is 9.88. The zero-order chi connectivity index (χ0) is 13.3. The smallest absolute Gasteiger partial charge is 0.0508 e. The van der Waals surface area contributed by atoms with Crippen molar-refractivity contribution in [2.24, 2.45) is 5.41 Å². The summed E-state index contributed by atoms with van der Waals surface area (Å²) in [5.41, 5.74) is 1.26. The molecular weight excluding hydrogens is 238 g/mol. The summed E-state index contributed by atoms with van der Waals surface area (Å²) in [5, 5.41) is 4.81. The van der Waals surface area contributed by atoms with Gasteiger partial charge < -0.3 is 5.32 Å². The average molecular weight is 259 g/mol. The van der Waals surface area contributed by atoms with Gasteiger partial charge in [0, 0.05) is 16.4 Å². The van der Waals surface area contributed by atoms with Crippen molar-refractivity contribution in [2.45, 2.75) is 33.7 Å². The van der Waals surface area contributed by atoms with E-state index in [1.54, 1.807) is 11.3 Å². The van der Waals surface area contributed by atoms with Crippen molar-refractivity contribution in [3.8, 4) is 0 Å². The lowest BCUT2D eigenvalue weighted by Gasteiger charge is -2.29. The van der Waals surface area contributed by atoms with Crippen LogP contribution >= 0.6 is 11.3 Å². The molecule has 1 N–H and O–H groups in total. The van der Waals surface area contributed by atoms with Crippen molar-refractivity contribution in [3.63, 3.8) is 0 Å². The number of rotatable bonds is 3. The summed E-state index contributed by atoms with van der Waals surface area (Å²) >= 11 is 1.80. The van der Waals surface area contributed by atoms with E-state index in [1.807, 2.05) is 0 Å². The van der Waals surface area contributed by atoms with Crippen LogP contribution in [-0.4, -0.2) is 6.04 Å². The molecule has 0 spiro atoms. The Bertz CT molecular complexity index is 527. The number of fused-ring (bicyclic) bond motifs is 1. The van der Waals surface area contributed by atoms with E-state index >= 15 is 0 Å². The van der Waals surface area contributed by atoms with Gasteiger partial charge in [0.1, 0.15) is 0 Å². The van der Waals surface area contributed by atoms with Gasteiger partial charge in [-0.1, -0.05) is 45.5 Å². The Morgan fingerprint density at radius 1 is 1.28 bits per heavy atom. The van der Waals surface area contributed by atoms with Gasteiger partial charge in [-0.25, -0.2) is 0 Å². The van der Waals surface area contributed by atoms with E-state index in [1.165, 1.54) is 15.0 Å². The zero-order valence-corrected chi connectivity index (χ0v) is 12.4. The molecule has 1 nitrogen and oxygen atoms in total. The number of thiophene rings is 1. The van der Waals surface area contributed by atoms with Crippen LogP contribution in [0.25, 0.3) is 15.8 Å². The van der Waals surface area contributed by atoms with Crippen molar-refractivity contribution in [1.29, 1.82) is 0 Å². The Kier molecular flexibility index (Phi) is 3.49. The molecule has 2 heteroatoms. The summed E-state index contributed by atoms with van der Waals surface area (Å²) < 4.78 is 1.32. The van der Waals surface area contributed by atoms with E-state index in [4.69, 9.17) is 0 Å². The van der Waals surface area contributed by atoms with E-state index in [0.29, 0.717) is 6.04 Å². The second kappa shape index (κ2) is 4.77. The van der Waals surface area contributed by atoms with Gasteiger partial charge in [-0.2, -0.15) is 0 Å². The summed E-state index contributed by atoms with van der Waals surface area (Å²) in [6.45, 7) is 13.1. The molecule has 96 valence electrons. The molecule has 0 aliphatic heterocycles. The maximum atomic E-state index is 4.17. The molecule has 1 heterocycles. The van der Waals surface area contributed by atoms with Crippen LogP contribution in [-0.2, 0) is 0 Å². The van der Waals surface area contributed by atoms with Gasteiger partial charge in [0.2, 0.25) is 0 Å². The molecule has 0 fully saturated rings. The van der Waals surface area contributed by atoms with Crippen LogP contribution in [0.2, 0.25) is 0 Å². The second-order valence-electron chi connectivity index (χ2n) is 5.86. The monoisotopic (exact) mass is 259 g/mol. The molecule has 1 atom stereocenters. The zero-order valence-electron chi connectivity index (χ0n) is 11.6. The lowest BCUT2D eigenvalue weighted by molar-refractivity contribution is 0.313. The van der Waals surface area contributed by atoms with Gasteiger partial charge in [-0.15, -0.1) is 11.3 Å². The minimum atomic E-state index is 0.236. The predicted molar refractivity (Wildman–Crippen MR) is 82.9 cm³/mol. The fourth-order valence-electron chi connectivity index (χ4n) is 1.68. The normalized spacial score (nSPS) is 13.6. The maximum absolute atomic E-state index is 4.17. The van der Waals surface area contributed by atoms with Crippen LogP contribution < -0.4 is 5.32 Å².